The second kappa shape index (κ2) is 11.1. The second-order valence-electron chi connectivity index (χ2n) is 7.94. The third kappa shape index (κ3) is 6.17. The molecule has 2 N–H and O–H groups in total. The van der Waals surface area contributed by atoms with Crippen molar-refractivity contribution in [3.05, 3.63) is 48.0 Å². The Morgan fingerprint density at radius 2 is 1.83 bits per heavy atom. The van der Waals surface area contributed by atoms with E-state index in [0.29, 0.717) is 17.2 Å². The van der Waals surface area contributed by atoms with Crippen molar-refractivity contribution < 1.29 is 4.79 Å². The summed E-state index contributed by atoms with van der Waals surface area (Å²) < 4.78 is 0. The molecule has 3 rings (SSSR count). The highest BCUT2D eigenvalue weighted by Gasteiger charge is 2.15. The number of carbonyl (C=O) groups excluding carboxylic acids is 1. The van der Waals surface area contributed by atoms with Gasteiger partial charge in [0, 0.05) is 18.7 Å². The van der Waals surface area contributed by atoms with Crippen LogP contribution in [-0.4, -0.2) is 29.1 Å². The fraction of sp³-hybridized carbons (Fsp3) is 0.500. The van der Waals surface area contributed by atoms with E-state index in [4.69, 9.17) is 12.2 Å². The second-order valence-corrected chi connectivity index (χ2v) is 8.33. The van der Waals surface area contributed by atoms with Crippen LogP contribution < -0.4 is 10.7 Å². The molecule has 1 aliphatic carbocycles. The number of nitrogens with zero attached hydrogens (tertiary/aromatic N) is 1. The quantitative estimate of drug-likeness (QED) is 0.345. The van der Waals surface area contributed by atoms with Gasteiger partial charge in [-0.2, -0.15) is 0 Å². The number of benzene rings is 2. The third-order valence-corrected chi connectivity index (χ3v) is 6.24. The van der Waals surface area contributed by atoms with Gasteiger partial charge >= 0.3 is 0 Å². The molecule has 29 heavy (non-hydrogen) atoms. The van der Waals surface area contributed by atoms with E-state index in [9.17, 15) is 4.79 Å². The minimum atomic E-state index is -0.135. The van der Waals surface area contributed by atoms with Gasteiger partial charge in [0.15, 0.2) is 5.11 Å². The molecule has 1 aliphatic rings. The largest absolute Gasteiger partial charge is 0.361 e. The van der Waals surface area contributed by atoms with Gasteiger partial charge in [0.25, 0.3) is 5.91 Å². The highest BCUT2D eigenvalue weighted by atomic mass is 32.1. The smallest absolute Gasteiger partial charge is 0.270 e. The maximum atomic E-state index is 12.8. The van der Waals surface area contributed by atoms with Gasteiger partial charge in [-0.05, 0) is 48.3 Å². The van der Waals surface area contributed by atoms with E-state index in [1.54, 1.807) is 5.01 Å². The number of hydrazine groups is 1. The molecule has 1 saturated carbocycles. The lowest BCUT2D eigenvalue weighted by Crippen LogP contribution is -2.50. The van der Waals surface area contributed by atoms with Crippen molar-refractivity contribution in [1.29, 1.82) is 0 Å². The zero-order valence-electron chi connectivity index (χ0n) is 17.5. The lowest BCUT2D eigenvalue weighted by molar-refractivity contribution is 0.0874. The normalized spacial score (nSPS) is 14.1. The van der Waals surface area contributed by atoms with Crippen molar-refractivity contribution in [2.45, 2.75) is 58.3 Å². The SMILES string of the molecule is CCN(NC(=O)c1cccc2ccccc12)C(=S)NCCCCCC1CCCC1. The van der Waals surface area contributed by atoms with E-state index in [2.05, 4.69) is 10.7 Å². The Hall–Kier alpha value is -2.14. The third-order valence-electron chi connectivity index (χ3n) is 5.87. The topological polar surface area (TPSA) is 44.4 Å². The lowest BCUT2D eigenvalue weighted by atomic mass is 10.00. The summed E-state index contributed by atoms with van der Waals surface area (Å²) in [6.45, 7) is 3.45. The first-order valence-corrected chi connectivity index (χ1v) is 11.4. The van der Waals surface area contributed by atoms with Crippen LogP contribution in [0.3, 0.4) is 0 Å². The molecule has 0 aromatic heterocycles. The molecule has 0 atom stereocenters. The number of nitrogens with one attached hydrogen (secondary N) is 2. The molecule has 5 heteroatoms. The predicted molar refractivity (Wildman–Crippen MR) is 125 cm³/mol. The van der Waals surface area contributed by atoms with E-state index in [-0.39, 0.29) is 5.91 Å². The Balaban J connectivity index is 1.43. The number of carbonyl (C=O) groups is 1. The summed E-state index contributed by atoms with van der Waals surface area (Å²) in [5.41, 5.74) is 3.62. The van der Waals surface area contributed by atoms with Crippen LogP contribution in [0.15, 0.2) is 42.5 Å². The predicted octanol–water partition coefficient (Wildman–Crippen LogP) is 5.43. The van der Waals surface area contributed by atoms with Gasteiger partial charge in [-0.1, -0.05) is 81.3 Å². The Labute approximate surface area is 180 Å². The number of fused-ring (bicyclic) bond motifs is 1. The molecule has 0 radical (unpaired) electrons. The molecule has 2 aromatic rings. The Morgan fingerprint density at radius 1 is 1.07 bits per heavy atom. The van der Waals surface area contributed by atoms with Crippen molar-refractivity contribution in [2.24, 2.45) is 5.92 Å². The van der Waals surface area contributed by atoms with Crippen LogP contribution in [0, 0.1) is 5.92 Å². The van der Waals surface area contributed by atoms with E-state index in [0.717, 1.165) is 29.7 Å². The standard InChI is InChI=1S/C24H33N3OS/c1-2-27(24(29)25-18-9-3-4-11-19-12-5-6-13-19)26-23(28)22-17-10-15-20-14-7-8-16-21(20)22/h7-8,10,14-17,19H,2-6,9,11-13,18H2,1H3,(H,25,29)(H,26,28). The molecule has 0 bridgehead atoms. The van der Waals surface area contributed by atoms with Crippen LogP contribution in [0.5, 0.6) is 0 Å². The molecular weight excluding hydrogens is 378 g/mol. The van der Waals surface area contributed by atoms with Gasteiger partial charge in [0.2, 0.25) is 0 Å². The summed E-state index contributed by atoms with van der Waals surface area (Å²) in [4.78, 5) is 12.8. The first-order chi connectivity index (χ1) is 14.2. The average Bonchev–Trinajstić information content (AvgIpc) is 3.27. The van der Waals surface area contributed by atoms with Gasteiger partial charge in [-0.15, -0.1) is 0 Å². The van der Waals surface area contributed by atoms with E-state index < -0.39 is 0 Å². The van der Waals surface area contributed by atoms with E-state index >= 15 is 0 Å². The Kier molecular flexibility index (Phi) is 8.29. The molecule has 2 aromatic carbocycles. The van der Waals surface area contributed by atoms with Crippen molar-refractivity contribution >= 4 is 34.0 Å². The first-order valence-electron chi connectivity index (χ1n) is 11.0. The molecule has 156 valence electrons. The fourth-order valence-corrected chi connectivity index (χ4v) is 4.48. The van der Waals surface area contributed by atoms with Crippen molar-refractivity contribution in [2.75, 3.05) is 13.1 Å². The van der Waals surface area contributed by atoms with Gasteiger partial charge in [0.05, 0.1) is 0 Å². The number of unbranched alkanes of at least 4 members (excludes halogenated alkanes) is 2. The van der Waals surface area contributed by atoms with Crippen LogP contribution >= 0.6 is 12.2 Å². The highest BCUT2D eigenvalue weighted by Crippen LogP contribution is 2.29. The minimum absolute atomic E-state index is 0.135. The summed E-state index contributed by atoms with van der Waals surface area (Å²) in [6.07, 6.45) is 10.8. The van der Waals surface area contributed by atoms with Gasteiger partial charge in [-0.25, -0.2) is 0 Å². The molecule has 4 nitrogen and oxygen atoms in total. The van der Waals surface area contributed by atoms with Crippen LogP contribution in [0.2, 0.25) is 0 Å². The highest BCUT2D eigenvalue weighted by molar-refractivity contribution is 7.80. The van der Waals surface area contributed by atoms with Crippen LogP contribution in [-0.2, 0) is 0 Å². The average molecular weight is 412 g/mol. The first kappa shape index (κ1) is 21.6. The zero-order chi connectivity index (χ0) is 20.5. The molecule has 0 aliphatic heterocycles. The van der Waals surface area contributed by atoms with Crippen LogP contribution in [0.1, 0.15) is 68.6 Å². The van der Waals surface area contributed by atoms with E-state index in [1.807, 2.05) is 49.4 Å². The fourth-order valence-electron chi connectivity index (χ4n) is 4.20. The summed E-state index contributed by atoms with van der Waals surface area (Å²) in [5.74, 6) is 0.841. The maximum Gasteiger partial charge on any atom is 0.270 e. The van der Waals surface area contributed by atoms with Crippen LogP contribution in [0.25, 0.3) is 10.8 Å². The van der Waals surface area contributed by atoms with E-state index in [1.165, 1.54) is 44.9 Å². The molecular formula is C24H33N3OS. The molecule has 0 saturated heterocycles. The van der Waals surface area contributed by atoms with Crippen molar-refractivity contribution in [3.8, 4) is 0 Å². The number of hydrogen-bond acceptors (Lipinski definition) is 2. The zero-order valence-corrected chi connectivity index (χ0v) is 18.3. The van der Waals surface area contributed by atoms with Gasteiger partial charge in [0.1, 0.15) is 0 Å². The summed E-state index contributed by atoms with van der Waals surface area (Å²) in [5, 5.41) is 7.61. The minimum Gasteiger partial charge on any atom is -0.361 e. The number of rotatable bonds is 8. The number of amides is 1. The summed E-state index contributed by atoms with van der Waals surface area (Å²) in [7, 11) is 0. The monoisotopic (exact) mass is 411 g/mol. The van der Waals surface area contributed by atoms with Gasteiger partial charge < -0.3 is 5.32 Å². The molecule has 0 heterocycles. The molecule has 1 fully saturated rings. The molecule has 0 unspecified atom stereocenters. The number of thiocarbonyl (C=S) groups is 1. The Morgan fingerprint density at radius 3 is 2.62 bits per heavy atom. The summed E-state index contributed by atoms with van der Waals surface area (Å²) >= 11 is 5.50. The Bertz CT molecular complexity index is 811. The number of hydrogen-bond donors (Lipinski definition) is 2. The molecule has 1 amide bonds. The summed E-state index contributed by atoms with van der Waals surface area (Å²) in [6, 6.07) is 13.7. The lowest BCUT2D eigenvalue weighted by Gasteiger charge is -2.25. The van der Waals surface area contributed by atoms with Crippen molar-refractivity contribution in [3.63, 3.8) is 0 Å². The van der Waals surface area contributed by atoms with Crippen LogP contribution in [0.4, 0.5) is 0 Å². The van der Waals surface area contributed by atoms with Gasteiger partial charge in [-0.3, -0.25) is 15.2 Å². The maximum absolute atomic E-state index is 12.8. The van der Waals surface area contributed by atoms with Crippen molar-refractivity contribution in [1.82, 2.24) is 15.8 Å². The molecule has 0 spiro atoms.